The number of nitrogens with two attached hydrogens (primary N) is 1. The first-order valence-corrected chi connectivity index (χ1v) is 13.4. The molecule has 37 heavy (non-hydrogen) atoms. The van der Waals surface area contributed by atoms with Gasteiger partial charge in [0, 0.05) is 25.2 Å². The molecule has 0 fully saturated rings. The Bertz CT molecular complexity index is 885. The Kier molecular flexibility index (Phi) is 15.2. The summed E-state index contributed by atoms with van der Waals surface area (Å²) in [5.74, 6) is -3.16. The first-order valence-electron chi connectivity index (χ1n) is 13.4. The van der Waals surface area contributed by atoms with Crippen molar-refractivity contribution in [3.05, 3.63) is 23.8 Å². The number of ether oxygens (including phenoxy) is 3. The van der Waals surface area contributed by atoms with Crippen LogP contribution in [-0.2, 0) is 23.9 Å². The molecule has 0 saturated heterocycles. The number of carboxylic acid groups (broad SMARTS) is 1. The number of carbonyl (C=O) groups excluding carboxylic acids is 3. The average molecular weight is 522 g/mol. The summed E-state index contributed by atoms with van der Waals surface area (Å²) in [7, 11) is 0. The van der Waals surface area contributed by atoms with Crippen molar-refractivity contribution in [1.82, 2.24) is 0 Å². The van der Waals surface area contributed by atoms with E-state index in [1.54, 1.807) is 13.0 Å². The van der Waals surface area contributed by atoms with E-state index < -0.39 is 36.0 Å². The van der Waals surface area contributed by atoms with Crippen LogP contribution < -0.4 is 15.2 Å². The summed E-state index contributed by atoms with van der Waals surface area (Å²) in [6.45, 7) is 7.59. The Morgan fingerprint density at radius 2 is 1.38 bits per heavy atom. The molecule has 2 unspecified atom stereocenters. The molecule has 0 amide bonds. The smallest absolute Gasteiger partial charge is 0.321 e. The summed E-state index contributed by atoms with van der Waals surface area (Å²) in [4.78, 5) is 48.5. The van der Waals surface area contributed by atoms with Gasteiger partial charge in [0.2, 0.25) is 0 Å². The number of benzene rings is 1. The van der Waals surface area contributed by atoms with Crippen molar-refractivity contribution in [2.24, 2.45) is 5.73 Å². The monoisotopic (exact) mass is 521 g/mol. The van der Waals surface area contributed by atoms with E-state index in [-0.39, 0.29) is 43.2 Å². The number of esters is 3. The molecule has 0 aliphatic rings. The Hall–Kier alpha value is -2.94. The van der Waals surface area contributed by atoms with Gasteiger partial charge in [-0.1, -0.05) is 52.5 Å². The van der Waals surface area contributed by atoms with Gasteiger partial charge in [-0.05, 0) is 50.3 Å². The summed E-state index contributed by atoms with van der Waals surface area (Å²) < 4.78 is 16.5. The van der Waals surface area contributed by atoms with Crippen molar-refractivity contribution < 1.29 is 38.5 Å². The number of unbranched alkanes of at least 4 members (excludes halogenated alkanes) is 4. The number of carboxylic acids is 1. The number of hydrogen-bond acceptors (Lipinski definition) is 8. The topological polar surface area (TPSA) is 142 Å². The van der Waals surface area contributed by atoms with Crippen LogP contribution >= 0.6 is 0 Å². The quantitative estimate of drug-likeness (QED) is 0.150. The summed E-state index contributed by atoms with van der Waals surface area (Å²) in [5.41, 5.74) is 6.48. The second-order valence-corrected chi connectivity index (χ2v) is 9.33. The Labute approximate surface area is 220 Å². The molecule has 1 rings (SSSR count). The van der Waals surface area contributed by atoms with Crippen LogP contribution in [-0.4, -0.2) is 41.1 Å². The molecule has 0 aliphatic heterocycles. The first-order chi connectivity index (χ1) is 17.6. The van der Waals surface area contributed by atoms with Gasteiger partial charge in [-0.2, -0.15) is 0 Å². The van der Waals surface area contributed by atoms with Crippen LogP contribution in [0.4, 0.5) is 0 Å². The maximum atomic E-state index is 12.5. The largest absolute Gasteiger partial charge is 0.480 e. The summed E-state index contributed by atoms with van der Waals surface area (Å²) in [6.07, 6.45) is 5.88. The Morgan fingerprint density at radius 3 is 1.89 bits per heavy atom. The first kappa shape index (κ1) is 32.1. The number of rotatable bonds is 18. The van der Waals surface area contributed by atoms with Gasteiger partial charge in [-0.3, -0.25) is 19.2 Å². The van der Waals surface area contributed by atoms with Crippen LogP contribution in [0.15, 0.2) is 18.2 Å². The molecule has 1 aromatic rings. The number of hydrogen-bond donors (Lipinski definition) is 2. The lowest BCUT2D eigenvalue weighted by atomic mass is 9.87. The molecule has 0 aliphatic carbocycles. The molecule has 0 aromatic heterocycles. The summed E-state index contributed by atoms with van der Waals surface area (Å²) in [5, 5.41) is 9.62. The van der Waals surface area contributed by atoms with E-state index in [2.05, 4.69) is 0 Å². The zero-order valence-electron chi connectivity index (χ0n) is 22.6. The van der Waals surface area contributed by atoms with E-state index in [9.17, 15) is 24.3 Å². The molecular formula is C28H43NO8. The third-order valence-electron chi connectivity index (χ3n) is 5.90. The lowest BCUT2D eigenvalue weighted by Crippen LogP contribution is -2.38. The zero-order valence-corrected chi connectivity index (χ0v) is 22.6. The lowest BCUT2D eigenvalue weighted by Gasteiger charge is -2.25. The highest BCUT2D eigenvalue weighted by Crippen LogP contribution is 2.35. The SMILES string of the molecule is CCCCCC(=O)Oc1ccc(C(CC(C)OC(=O)CCC)[C@H](N)C(=O)O)cc1OC(=O)CCCCC. The van der Waals surface area contributed by atoms with Gasteiger partial charge in [0.25, 0.3) is 0 Å². The maximum Gasteiger partial charge on any atom is 0.321 e. The van der Waals surface area contributed by atoms with Crippen LogP contribution in [0.25, 0.3) is 0 Å². The third-order valence-corrected chi connectivity index (χ3v) is 5.90. The van der Waals surface area contributed by atoms with E-state index in [1.165, 1.54) is 12.1 Å². The normalized spacial score (nSPS) is 13.3. The molecule has 0 saturated carbocycles. The third kappa shape index (κ3) is 12.2. The molecule has 0 spiro atoms. The van der Waals surface area contributed by atoms with Crippen molar-refractivity contribution in [2.75, 3.05) is 0 Å². The van der Waals surface area contributed by atoms with Gasteiger partial charge in [-0.25, -0.2) is 0 Å². The highest BCUT2D eigenvalue weighted by Gasteiger charge is 2.30. The minimum absolute atomic E-state index is 0.0288. The van der Waals surface area contributed by atoms with Gasteiger partial charge >= 0.3 is 23.9 Å². The lowest BCUT2D eigenvalue weighted by molar-refractivity contribution is -0.149. The molecule has 9 nitrogen and oxygen atoms in total. The standard InChI is InChI=1S/C28H43NO8/c1-5-8-10-13-25(31)36-22-16-15-20(18-23(22)37-26(32)14-11-9-6-2)21(27(29)28(33)34)17-19(4)35-24(30)12-7-3/h15-16,18-19,21,27H,5-14,17,29H2,1-4H3,(H,33,34)/t19?,21?,27-/m0/s1. The van der Waals surface area contributed by atoms with Crippen LogP contribution in [0, 0.1) is 0 Å². The highest BCUT2D eigenvalue weighted by atomic mass is 16.6. The summed E-state index contributed by atoms with van der Waals surface area (Å²) >= 11 is 0. The second kappa shape index (κ2) is 17.5. The maximum absolute atomic E-state index is 12.5. The molecule has 1 aromatic carbocycles. The van der Waals surface area contributed by atoms with E-state index in [0.29, 0.717) is 24.8 Å². The zero-order chi connectivity index (χ0) is 27.8. The van der Waals surface area contributed by atoms with Crippen LogP contribution in [0.3, 0.4) is 0 Å². The van der Waals surface area contributed by atoms with Crippen LogP contribution in [0.1, 0.15) is 110 Å². The van der Waals surface area contributed by atoms with E-state index in [0.717, 1.165) is 25.7 Å². The van der Waals surface area contributed by atoms with Crippen molar-refractivity contribution in [3.8, 4) is 11.5 Å². The predicted octanol–water partition coefficient (Wildman–Crippen LogP) is 5.28. The highest BCUT2D eigenvalue weighted by molar-refractivity contribution is 5.77. The number of aliphatic carboxylic acids is 1. The van der Waals surface area contributed by atoms with Crippen LogP contribution in [0.5, 0.6) is 11.5 Å². The van der Waals surface area contributed by atoms with Gasteiger partial charge in [0.1, 0.15) is 6.04 Å². The molecule has 3 atom stereocenters. The van der Waals surface area contributed by atoms with Crippen LogP contribution in [0.2, 0.25) is 0 Å². The molecule has 208 valence electrons. The average Bonchev–Trinajstić information content (AvgIpc) is 2.83. The predicted molar refractivity (Wildman–Crippen MR) is 139 cm³/mol. The van der Waals surface area contributed by atoms with Gasteiger partial charge in [0.15, 0.2) is 11.5 Å². The molecule has 0 radical (unpaired) electrons. The fourth-order valence-corrected chi connectivity index (χ4v) is 3.86. The Balaban J connectivity index is 3.25. The molecule has 0 bridgehead atoms. The molecule has 0 heterocycles. The van der Waals surface area contributed by atoms with Gasteiger partial charge in [-0.15, -0.1) is 0 Å². The Morgan fingerprint density at radius 1 is 0.811 bits per heavy atom. The van der Waals surface area contributed by atoms with E-state index in [4.69, 9.17) is 19.9 Å². The minimum Gasteiger partial charge on any atom is -0.480 e. The van der Waals surface area contributed by atoms with Gasteiger partial charge in [0.05, 0.1) is 6.10 Å². The van der Waals surface area contributed by atoms with Crippen molar-refractivity contribution in [1.29, 1.82) is 0 Å². The molecule has 9 heteroatoms. The number of carbonyl (C=O) groups is 4. The fraction of sp³-hybridized carbons (Fsp3) is 0.643. The second-order valence-electron chi connectivity index (χ2n) is 9.33. The van der Waals surface area contributed by atoms with Crippen molar-refractivity contribution in [2.45, 2.75) is 116 Å². The van der Waals surface area contributed by atoms with Gasteiger partial charge < -0.3 is 25.1 Å². The minimum atomic E-state index is -1.30. The van der Waals surface area contributed by atoms with Crippen molar-refractivity contribution in [3.63, 3.8) is 0 Å². The van der Waals surface area contributed by atoms with E-state index >= 15 is 0 Å². The summed E-state index contributed by atoms with van der Waals surface area (Å²) in [6, 6.07) is 3.26. The molecular weight excluding hydrogens is 478 g/mol. The fourth-order valence-electron chi connectivity index (χ4n) is 3.86. The molecule has 3 N–H and O–H groups in total. The van der Waals surface area contributed by atoms with Crippen molar-refractivity contribution >= 4 is 23.9 Å². The van der Waals surface area contributed by atoms with E-state index in [1.807, 2.05) is 20.8 Å².